The highest BCUT2D eigenvalue weighted by molar-refractivity contribution is 7.12. The molecule has 0 aliphatic heterocycles. The monoisotopic (exact) mass is 262 g/mol. The summed E-state index contributed by atoms with van der Waals surface area (Å²) in [4.78, 5) is 23.4. The number of carbonyl (C=O) groups excluding carboxylic acids is 2. The van der Waals surface area contributed by atoms with Gasteiger partial charge in [0.05, 0.1) is 11.1 Å². The molecular formula is C13H10O4S. The Morgan fingerprint density at radius 1 is 1.33 bits per heavy atom. The number of ketones is 1. The van der Waals surface area contributed by atoms with Gasteiger partial charge in [-0.25, -0.2) is 4.79 Å². The van der Waals surface area contributed by atoms with Gasteiger partial charge in [0, 0.05) is 6.08 Å². The van der Waals surface area contributed by atoms with Crippen LogP contribution in [0.3, 0.4) is 0 Å². The minimum absolute atomic E-state index is 0.204. The molecule has 0 saturated heterocycles. The van der Waals surface area contributed by atoms with Gasteiger partial charge in [-0.3, -0.25) is 4.79 Å². The zero-order chi connectivity index (χ0) is 12.8. The van der Waals surface area contributed by atoms with Gasteiger partial charge in [-0.15, -0.1) is 11.3 Å². The van der Waals surface area contributed by atoms with Crippen LogP contribution in [0.15, 0.2) is 46.4 Å². The Bertz CT molecular complexity index is 538. The van der Waals surface area contributed by atoms with Crippen molar-refractivity contribution in [2.45, 2.75) is 0 Å². The summed E-state index contributed by atoms with van der Waals surface area (Å²) >= 11 is 1.32. The zero-order valence-corrected chi connectivity index (χ0v) is 10.2. The number of thiophene rings is 1. The first-order valence-corrected chi connectivity index (χ1v) is 6.09. The summed E-state index contributed by atoms with van der Waals surface area (Å²) in [6.45, 7) is -0.248. The van der Waals surface area contributed by atoms with E-state index in [0.29, 0.717) is 10.6 Å². The van der Waals surface area contributed by atoms with E-state index >= 15 is 0 Å². The van der Waals surface area contributed by atoms with Gasteiger partial charge in [0.25, 0.3) is 0 Å². The van der Waals surface area contributed by atoms with Gasteiger partial charge in [0.15, 0.2) is 6.61 Å². The zero-order valence-electron chi connectivity index (χ0n) is 9.37. The molecule has 0 aromatic carbocycles. The minimum Gasteiger partial charge on any atom is -0.465 e. The molecule has 2 rings (SSSR count). The van der Waals surface area contributed by atoms with Crippen molar-refractivity contribution in [3.05, 3.63) is 52.6 Å². The summed E-state index contributed by atoms with van der Waals surface area (Å²) in [5.41, 5.74) is 0. The van der Waals surface area contributed by atoms with E-state index in [-0.39, 0.29) is 12.4 Å². The second-order valence-electron chi connectivity index (χ2n) is 3.36. The first-order valence-electron chi connectivity index (χ1n) is 5.21. The Labute approximate surface area is 107 Å². The molecule has 0 amide bonds. The van der Waals surface area contributed by atoms with Crippen molar-refractivity contribution in [1.29, 1.82) is 0 Å². The lowest BCUT2D eigenvalue weighted by atomic mass is 10.3. The van der Waals surface area contributed by atoms with Crippen molar-refractivity contribution < 1.29 is 18.7 Å². The fraction of sp³-hybridized carbons (Fsp3) is 0.0769. The number of hydrogen-bond acceptors (Lipinski definition) is 5. The highest BCUT2D eigenvalue weighted by atomic mass is 32.1. The highest BCUT2D eigenvalue weighted by Crippen LogP contribution is 2.09. The molecule has 0 bridgehead atoms. The predicted octanol–water partition coefficient (Wildman–Crippen LogP) is 2.78. The SMILES string of the molecule is O=C(/C=C/c1ccco1)OCC(=O)c1cccs1. The van der Waals surface area contributed by atoms with Crippen LogP contribution in [0.4, 0.5) is 0 Å². The summed E-state index contributed by atoms with van der Waals surface area (Å²) in [7, 11) is 0. The van der Waals surface area contributed by atoms with Gasteiger partial charge >= 0.3 is 5.97 Å². The first-order chi connectivity index (χ1) is 8.75. The Morgan fingerprint density at radius 2 is 2.22 bits per heavy atom. The van der Waals surface area contributed by atoms with Crippen molar-refractivity contribution in [2.24, 2.45) is 0 Å². The van der Waals surface area contributed by atoms with E-state index in [1.54, 1.807) is 29.6 Å². The molecule has 2 aromatic rings. The van der Waals surface area contributed by atoms with E-state index in [1.807, 2.05) is 0 Å². The van der Waals surface area contributed by atoms with Crippen LogP contribution in [-0.4, -0.2) is 18.4 Å². The number of Topliss-reactive ketones (excluding diaryl/α,β-unsaturated/α-hetero) is 1. The molecule has 0 fully saturated rings. The van der Waals surface area contributed by atoms with Crippen LogP contribution in [0.5, 0.6) is 0 Å². The van der Waals surface area contributed by atoms with Crippen LogP contribution in [-0.2, 0) is 9.53 Å². The summed E-state index contributed by atoms with van der Waals surface area (Å²) in [5, 5.41) is 1.80. The Hall–Kier alpha value is -2.14. The lowest BCUT2D eigenvalue weighted by Crippen LogP contribution is -2.11. The third-order valence-corrected chi connectivity index (χ3v) is 2.98. The largest absolute Gasteiger partial charge is 0.465 e. The van der Waals surface area contributed by atoms with Gasteiger partial charge in [0.1, 0.15) is 5.76 Å². The van der Waals surface area contributed by atoms with Crippen molar-refractivity contribution in [1.82, 2.24) is 0 Å². The van der Waals surface area contributed by atoms with Crippen LogP contribution in [0.2, 0.25) is 0 Å². The standard InChI is InChI=1S/C13H10O4S/c14-11(12-4-2-8-18-12)9-17-13(15)6-5-10-3-1-7-16-10/h1-8H,9H2/b6-5+. The summed E-state index contributed by atoms with van der Waals surface area (Å²) in [6.07, 6.45) is 4.21. The molecule has 0 saturated carbocycles. The number of rotatable bonds is 5. The molecule has 0 aliphatic rings. The molecule has 2 aromatic heterocycles. The lowest BCUT2D eigenvalue weighted by Gasteiger charge is -1.98. The van der Waals surface area contributed by atoms with Crippen molar-refractivity contribution in [2.75, 3.05) is 6.61 Å². The second kappa shape index (κ2) is 5.97. The summed E-state index contributed by atoms with van der Waals surface area (Å²) in [5.74, 6) is -0.224. The average molecular weight is 262 g/mol. The summed E-state index contributed by atoms with van der Waals surface area (Å²) < 4.78 is 9.82. The maximum Gasteiger partial charge on any atom is 0.331 e. The van der Waals surface area contributed by atoms with E-state index < -0.39 is 5.97 Å². The molecule has 0 unspecified atom stereocenters. The van der Waals surface area contributed by atoms with Crippen molar-refractivity contribution in [3.8, 4) is 0 Å². The molecule has 18 heavy (non-hydrogen) atoms. The molecule has 0 atom stereocenters. The van der Waals surface area contributed by atoms with Crippen molar-refractivity contribution in [3.63, 3.8) is 0 Å². The fourth-order valence-electron chi connectivity index (χ4n) is 1.23. The van der Waals surface area contributed by atoms with Crippen LogP contribution in [0.25, 0.3) is 6.08 Å². The Balaban J connectivity index is 1.80. The van der Waals surface area contributed by atoms with Crippen molar-refractivity contribution >= 4 is 29.2 Å². The Kier molecular flexibility index (Phi) is 4.09. The van der Waals surface area contributed by atoms with E-state index in [1.165, 1.54) is 29.8 Å². The van der Waals surface area contributed by atoms with Gasteiger partial charge in [-0.2, -0.15) is 0 Å². The number of carbonyl (C=O) groups is 2. The topological polar surface area (TPSA) is 56.5 Å². The van der Waals surface area contributed by atoms with Crippen LogP contribution in [0.1, 0.15) is 15.4 Å². The molecule has 4 nitrogen and oxygen atoms in total. The lowest BCUT2D eigenvalue weighted by molar-refractivity contribution is -0.136. The highest BCUT2D eigenvalue weighted by Gasteiger charge is 2.08. The number of esters is 1. The molecule has 0 aliphatic carbocycles. The minimum atomic E-state index is -0.573. The maximum absolute atomic E-state index is 11.5. The third-order valence-electron chi connectivity index (χ3n) is 2.07. The van der Waals surface area contributed by atoms with E-state index in [4.69, 9.17) is 9.15 Å². The average Bonchev–Trinajstić information content (AvgIpc) is 3.05. The predicted molar refractivity (Wildman–Crippen MR) is 67.4 cm³/mol. The van der Waals surface area contributed by atoms with Crippen LogP contribution in [0, 0.1) is 0 Å². The first kappa shape index (κ1) is 12.3. The van der Waals surface area contributed by atoms with Gasteiger partial charge in [-0.1, -0.05) is 6.07 Å². The van der Waals surface area contributed by atoms with Crippen LogP contribution < -0.4 is 0 Å². The van der Waals surface area contributed by atoms with Gasteiger partial charge in [0.2, 0.25) is 5.78 Å². The second-order valence-corrected chi connectivity index (χ2v) is 4.30. The number of ether oxygens (including phenoxy) is 1. The fourth-order valence-corrected chi connectivity index (χ4v) is 1.88. The molecule has 0 spiro atoms. The smallest absolute Gasteiger partial charge is 0.331 e. The third kappa shape index (κ3) is 3.43. The van der Waals surface area contributed by atoms with Gasteiger partial charge < -0.3 is 9.15 Å². The summed E-state index contributed by atoms with van der Waals surface area (Å²) in [6, 6.07) is 6.89. The van der Waals surface area contributed by atoms with E-state index in [2.05, 4.69) is 0 Å². The Morgan fingerprint density at radius 3 is 2.89 bits per heavy atom. The molecule has 0 N–H and O–H groups in total. The van der Waals surface area contributed by atoms with Crippen LogP contribution >= 0.6 is 11.3 Å². The van der Waals surface area contributed by atoms with E-state index in [9.17, 15) is 9.59 Å². The van der Waals surface area contributed by atoms with E-state index in [0.717, 1.165) is 0 Å². The maximum atomic E-state index is 11.5. The molecule has 92 valence electrons. The normalized spacial score (nSPS) is 10.7. The van der Waals surface area contributed by atoms with Gasteiger partial charge in [-0.05, 0) is 29.7 Å². The molecule has 2 heterocycles. The number of furan rings is 1. The molecule has 0 radical (unpaired) electrons. The quantitative estimate of drug-likeness (QED) is 0.472. The molecular weight excluding hydrogens is 252 g/mol. The molecule has 5 heteroatoms. The number of hydrogen-bond donors (Lipinski definition) is 0.